The van der Waals surface area contributed by atoms with Crippen molar-refractivity contribution in [3.05, 3.63) is 41.0 Å². The molecule has 13 nitrogen and oxygen atoms in total. The number of nitrogens with one attached hydrogen (secondary N) is 1. The van der Waals surface area contributed by atoms with Gasteiger partial charge in [0.2, 0.25) is 5.91 Å². The van der Waals surface area contributed by atoms with Gasteiger partial charge in [0.25, 0.3) is 0 Å². The zero-order valence-corrected chi connectivity index (χ0v) is 20.0. The van der Waals surface area contributed by atoms with Crippen LogP contribution in [0.3, 0.4) is 0 Å². The lowest BCUT2D eigenvalue weighted by Gasteiger charge is -2.43. The van der Waals surface area contributed by atoms with Gasteiger partial charge in [-0.1, -0.05) is 6.07 Å². The summed E-state index contributed by atoms with van der Waals surface area (Å²) in [5.74, 6) is -1.57. The van der Waals surface area contributed by atoms with E-state index in [0.29, 0.717) is 12.0 Å². The van der Waals surface area contributed by atoms with Gasteiger partial charge in [-0.2, -0.15) is 0 Å². The SMILES string of the molecule is O=C1CC[C@@H](c2c(O)cc(O)c3c2O[C@@H](c2ccc(O)c(O)c2)[C@@H](O[C@H]2O[C@H](CO)[C@@H](O)[C@H](O)[C@@H]2O)C3)N1. The Bertz CT molecular complexity index is 1220. The first-order valence-corrected chi connectivity index (χ1v) is 12.1. The summed E-state index contributed by atoms with van der Waals surface area (Å²) in [6.45, 7) is -0.666. The van der Waals surface area contributed by atoms with Crippen LogP contribution in [0.5, 0.6) is 28.7 Å². The monoisotopic (exact) mass is 535 g/mol. The molecule has 38 heavy (non-hydrogen) atoms. The van der Waals surface area contributed by atoms with Crippen LogP contribution in [-0.2, 0) is 20.7 Å². The summed E-state index contributed by atoms with van der Waals surface area (Å²) in [6, 6.07) is 4.45. The maximum Gasteiger partial charge on any atom is 0.220 e. The van der Waals surface area contributed by atoms with Gasteiger partial charge in [0.15, 0.2) is 23.9 Å². The van der Waals surface area contributed by atoms with E-state index in [4.69, 9.17) is 14.2 Å². The zero-order chi connectivity index (χ0) is 27.3. The molecule has 0 spiro atoms. The van der Waals surface area contributed by atoms with Crippen LogP contribution in [0.4, 0.5) is 0 Å². The van der Waals surface area contributed by atoms with Gasteiger partial charge in [-0.15, -0.1) is 0 Å². The molecule has 3 aliphatic rings. The number of aromatic hydroxyl groups is 4. The van der Waals surface area contributed by atoms with E-state index in [1.165, 1.54) is 18.2 Å². The molecule has 0 aliphatic carbocycles. The molecule has 0 radical (unpaired) electrons. The number of fused-ring (bicyclic) bond motifs is 1. The quantitative estimate of drug-likeness (QED) is 0.218. The van der Waals surface area contributed by atoms with E-state index in [2.05, 4.69) is 5.32 Å². The van der Waals surface area contributed by atoms with E-state index in [9.17, 15) is 45.6 Å². The Morgan fingerprint density at radius 3 is 2.37 bits per heavy atom. The Hall–Kier alpha value is -3.33. The molecule has 0 unspecified atom stereocenters. The minimum Gasteiger partial charge on any atom is -0.507 e. The summed E-state index contributed by atoms with van der Waals surface area (Å²) in [6.07, 6.45) is -9.33. The van der Waals surface area contributed by atoms with Crippen molar-refractivity contribution in [3.8, 4) is 28.7 Å². The number of phenols is 4. The second kappa shape index (κ2) is 10.1. The van der Waals surface area contributed by atoms with E-state index in [0.717, 1.165) is 6.07 Å². The molecule has 9 N–H and O–H groups in total. The molecule has 5 rings (SSSR count). The average molecular weight is 536 g/mol. The molecule has 0 saturated carbocycles. The summed E-state index contributed by atoms with van der Waals surface area (Å²) in [4.78, 5) is 11.9. The summed E-state index contributed by atoms with van der Waals surface area (Å²) in [5, 5.41) is 84.4. The largest absolute Gasteiger partial charge is 0.507 e. The second-order valence-electron chi connectivity index (χ2n) is 9.66. The Morgan fingerprint density at radius 1 is 0.947 bits per heavy atom. The predicted octanol–water partition coefficient (Wildman–Crippen LogP) is -0.679. The number of hydrogen-bond donors (Lipinski definition) is 9. The lowest BCUT2D eigenvalue weighted by atomic mass is 9.89. The van der Waals surface area contributed by atoms with Crippen molar-refractivity contribution >= 4 is 5.91 Å². The molecule has 206 valence electrons. The lowest BCUT2D eigenvalue weighted by molar-refractivity contribution is -0.317. The maximum atomic E-state index is 11.9. The molecule has 3 heterocycles. The third-order valence-electron chi connectivity index (χ3n) is 7.19. The van der Waals surface area contributed by atoms with Crippen molar-refractivity contribution in [1.82, 2.24) is 5.32 Å². The van der Waals surface area contributed by atoms with Crippen molar-refractivity contribution < 1.29 is 59.9 Å². The standard InChI is InChI=1S/C25H29NO12/c27-8-17-20(33)21(34)22(35)25(37-17)36-16-6-10-13(29)7-15(31)19(11-2-4-18(32)26-11)24(10)38-23(16)9-1-3-12(28)14(30)5-9/h1,3,5,7,11,16-17,20-23,25,27-31,33-35H,2,4,6,8H2,(H,26,32)/t11-,16-,17+,20+,21-,22-,23-,25-/m0/s1. The van der Waals surface area contributed by atoms with Crippen molar-refractivity contribution in [2.45, 2.75) is 68.2 Å². The first kappa shape index (κ1) is 26.3. The molecule has 2 aromatic carbocycles. The van der Waals surface area contributed by atoms with Gasteiger partial charge in [0.05, 0.1) is 18.2 Å². The van der Waals surface area contributed by atoms with Gasteiger partial charge in [0.1, 0.15) is 47.8 Å². The lowest BCUT2D eigenvalue weighted by Crippen LogP contribution is -2.60. The Balaban J connectivity index is 1.55. The molecule has 2 saturated heterocycles. The molecule has 8 atom stereocenters. The van der Waals surface area contributed by atoms with Crippen LogP contribution >= 0.6 is 0 Å². The topological polar surface area (TPSA) is 219 Å². The van der Waals surface area contributed by atoms with Crippen molar-refractivity contribution in [3.63, 3.8) is 0 Å². The third kappa shape index (κ3) is 4.57. The highest BCUT2D eigenvalue weighted by molar-refractivity contribution is 5.79. The summed E-state index contributed by atoms with van der Waals surface area (Å²) in [5.41, 5.74) is 0.792. The van der Waals surface area contributed by atoms with Crippen LogP contribution in [0.1, 0.15) is 41.7 Å². The number of aliphatic hydroxyl groups is 4. The average Bonchev–Trinajstić information content (AvgIpc) is 3.31. The summed E-state index contributed by atoms with van der Waals surface area (Å²) < 4.78 is 17.7. The van der Waals surface area contributed by atoms with E-state index < -0.39 is 61.3 Å². The number of amides is 1. The molecule has 2 aromatic rings. The second-order valence-corrected chi connectivity index (χ2v) is 9.66. The molecule has 3 aliphatic heterocycles. The number of phenolic OH excluding ortho intramolecular Hbond substituents is 4. The van der Waals surface area contributed by atoms with Crippen LogP contribution in [0.25, 0.3) is 0 Å². The number of aliphatic hydroxyl groups excluding tert-OH is 4. The Morgan fingerprint density at radius 2 is 1.71 bits per heavy atom. The Labute approximate surface area is 216 Å². The number of ether oxygens (including phenoxy) is 3. The van der Waals surface area contributed by atoms with Crippen LogP contribution in [0.15, 0.2) is 24.3 Å². The molecule has 1 amide bonds. The number of rotatable bonds is 5. The van der Waals surface area contributed by atoms with Crippen molar-refractivity contribution in [1.29, 1.82) is 0 Å². The maximum absolute atomic E-state index is 11.9. The normalized spacial score (nSPS) is 32.9. The summed E-state index contributed by atoms with van der Waals surface area (Å²) >= 11 is 0. The molecule has 2 fully saturated rings. The zero-order valence-electron chi connectivity index (χ0n) is 20.0. The van der Waals surface area contributed by atoms with Gasteiger partial charge in [-0.3, -0.25) is 4.79 Å². The van der Waals surface area contributed by atoms with Gasteiger partial charge in [0, 0.05) is 24.5 Å². The molecular formula is C25H29NO12. The van der Waals surface area contributed by atoms with Crippen molar-refractivity contribution in [2.24, 2.45) is 0 Å². The van der Waals surface area contributed by atoms with Crippen molar-refractivity contribution in [2.75, 3.05) is 6.61 Å². The molecule has 13 heteroatoms. The van der Waals surface area contributed by atoms with Crippen LogP contribution in [-0.4, -0.2) is 90.2 Å². The number of benzene rings is 2. The first-order chi connectivity index (χ1) is 18.1. The third-order valence-corrected chi connectivity index (χ3v) is 7.19. The van der Waals surface area contributed by atoms with Gasteiger partial charge < -0.3 is 60.4 Å². The highest BCUT2D eigenvalue weighted by atomic mass is 16.7. The fraction of sp³-hybridized carbons (Fsp3) is 0.480. The minimum absolute atomic E-state index is 0.0730. The Kier molecular flexibility index (Phi) is 6.98. The van der Waals surface area contributed by atoms with Gasteiger partial charge >= 0.3 is 0 Å². The van der Waals surface area contributed by atoms with Crippen LogP contribution in [0.2, 0.25) is 0 Å². The van der Waals surface area contributed by atoms with E-state index in [1.807, 2.05) is 0 Å². The predicted molar refractivity (Wildman–Crippen MR) is 125 cm³/mol. The molecular weight excluding hydrogens is 506 g/mol. The number of carbonyl (C=O) groups is 1. The highest BCUT2D eigenvalue weighted by Gasteiger charge is 2.47. The highest BCUT2D eigenvalue weighted by Crippen LogP contribution is 2.50. The van der Waals surface area contributed by atoms with Gasteiger partial charge in [-0.05, 0) is 24.1 Å². The van der Waals surface area contributed by atoms with Crippen LogP contribution < -0.4 is 10.1 Å². The first-order valence-electron chi connectivity index (χ1n) is 12.1. The fourth-order valence-electron chi connectivity index (χ4n) is 5.17. The minimum atomic E-state index is -1.71. The van der Waals surface area contributed by atoms with E-state index in [1.54, 1.807) is 0 Å². The molecule has 0 bridgehead atoms. The van der Waals surface area contributed by atoms with E-state index >= 15 is 0 Å². The smallest absolute Gasteiger partial charge is 0.220 e. The fourth-order valence-corrected chi connectivity index (χ4v) is 5.17. The van der Waals surface area contributed by atoms with E-state index in [-0.39, 0.29) is 52.9 Å². The molecule has 0 aromatic heterocycles. The van der Waals surface area contributed by atoms with Gasteiger partial charge in [-0.25, -0.2) is 0 Å². The number of carbonyl (C=O) groups excluding carboxylic acids is 1. The summed E-state index contributed by atoms with van der Waals surface area (Å²) in [7, 11) is 0. The van der Waals surface area contributed by atoms with Crippen LogP contribution in [0, 0.1) is 0 Å². The number of hydrogen-bond acceptors (Lipinski definition) is 12.